The van der Waals surface area contributed by atoms with Crippen molar-refractivity contribution in [2.45, 2.75) is 27.3 Å². The fourth-order valence-electron chi connectivity index (χ4n) is 2.32. The van der Waals surface area contributed by atoms with Gasteiger partial charge in [0.05, 0.1) is 12.8 Å². The van der Waals surface area contributed by atoms with E-state index >= 15 is 0 Å². The Morgan fingerprint density at radius 1 is 1.21 bits per heavy atom. The average molecular weight is 259 g/mol. The Labute approximate surface area is 114 Å². The first-order valence-electron chi connectivity index (χ1n) is 6.37. The number of hydrogen-bond donors (Lipinski definition) is 1. The van der Waals surface area contributed by atoms with Gasteiger partial charge in [-0.2, -0.15) is 5.10 Å². The number of benzene rings is 1. The van der Waals surface area contributed by atoms with E-state index in [1.807, 2.05) is 11.7 Å². The van der Waals surface area contributed by atoms with Gasteiger partial charge in [-0.25, -0.2) is 0 Å². The molecule has 19 heavy (non-hydrogen) atoms. The van der Waals surface area contributed by atoms with Gasteiger partial charge >= 0.3 is 0 Å². The predicted octanol–water partition coefficient (Wildman–Crippen LogP) is 2.48. The summed E-state index contributed by atoms with van der Waals surface area (Å²) in [5.41, 5.74) is 12.4. The van der Waals surface area contributed by atoms with Crippen LogP contribution in [0.2, 0.25) is 0 Å². The van der Waals surface area contributed by atoms with Crippen LogP contribution >= 0.6 is 0 Å². The highest BCUT2D eigenvalue weighted by molar-refractivity contribution is 5.76. The van der Waals surface area contributed by atoms with E-state index in [0.29, 0.717) is 6.54 Å². The maximum absolute atomic E-state index is 5.81. The molecule has 0 saturated carbocycles. The summed E-state index contributed by atoms with van der Waals surface area (Å²) in [6.45, 7) is 6.66. The summed E-state index contributed by atoms with van der Waals surface area (Å²) in [7, 11) is 3.63. The summed E-state index contributed by atoms with van der Waals surface area (Å²) in [5, 5.41) is 4.47. The molecule has 2 rings (SSSR count). The van der Waals surface area contributed by atoms with Gasteiger partial charge in [-0.15, -0.1) is 0 Å². The molecule has 1 aromatic carbocycles. The Kier molecular flexibility index (Phi) is 3.62. The van der Waals surface area contributed by atoms with Gasteiger partial charge < -0.3 is 10.5 Å². The van der Waals surface area contributed by atoms with E-state index < -0.39 is 0 Å². The smallest absolute Gasteiger partial charge is 0.127 e. The second-order valence-electron chi connectivity index (χ2n) is 4.87. The normalized spacial score (nSPS) is 10.8. The van der Waals surface area contributed by atoms with Crippen LogP contribution in [0.25, 0.3) is 11.1 Å². The van der Waals surface area contributed by atoms with Gasteiger partial charge in [-0.3, -0.25) is 4.68 Å². The van der Waals surface area contributed by atoms with Crippen LogP contribution in [-0.2, 0) is 13.6 Å². The fraction of sp³-hybridized carbons (Fsp3) is 0.400. The topological polar surface area (TPSA) is 53.1 Å². The first-order chi connectivity index (χ1) is 8.99. The highest BCUT2D eigenvalue weighted by atomic mass is 16.5. The monoisotopic (exact) mass is 259 g/mol. The Bertz CT molecular complexity index is 614. The molecule has 1 heterocycles. The van der Waals surface area contributed by atoms with Gasteiger partial charge in [0.1, 0.15) is 5.75 Å². The number of aromatic nitrogens is 2. The second kappa shape index (κ2) is 5.05. The van der Waals surface area contributed by atoms with Crippen LogP contribution in [0.1, 0.15) is 22.5 Å². The number of methoxy groups -OCH3 is 1. The maximum Gasteiger partial charge on any atom is 0.127 e. The van der Waals surface area contributed by atoms with Crippen molar-refractivity contribution in [2.75, 3.05) is 7.11 Å². The van der Waals surface area contributed by atoms with E-state index in [0.717, 1.165) is 28.3 Å². The van der Waals surface area contributed by atoms with E-state index in [1.165, 1.54) is 11.1 Å². The summed E-state index contributed by atoms with van der Waals surface area (Å²) >= 11 is 0. The SMILES string of the molecule is COc1cc(C)c(C)cc1-c1c(CN)nn(C)c1C. The van der Waals surface area contributed by atoms with Crippen molar-refractivity contribution >= 4 is 0 Å². The second-order valence-corrected chi connectivity index (χ2v) is 4.87. The van der Waals surface area contributed by atoms with Crippen LogP contribution in [-0.4, -0.2) is 16.9 Å². The Morgan fingerprint density at radius 2 is 1.84 bits per heavy atom. The van der Waals surface area contributed by atoms with E-state index in [4.69, 9.17) is 10.5 Å². The molecule has 0 unspecified atom stereocenters. The van der Waals surface area contributed by atoms with Gasteiger partial charge in [-0.1, -0.05) is 0 Å². The van der Waals surface area contributed by atoms with E-state index in [2.05, 4.69) is 38.0 Å². The van der Waals surface area contributed by atoms with Crippen LogP contribution in [0.4, 0.5) is 0 Å². The third-order valence-corrected chi connectivity index (χ3v) is 3.69. The highest BCUT2D eigenvalue weighted by Gasteiger charge is 2.18. The molecule has 0 spiro atoms. The molecule has 0 aliphatic heterocycles. The summed E-state index contributed by atoms with van der Waals surface area (Å²) in [6, 6.07) is 4.22. The van der Waals surface area contributed by atoms with Crippen molar-refractivity contribution in [1.82, 2.24) is 9.78 Å². The third-order valence-electron chi connectivity index (χ3n) is 3.69. The van der Waals surface area contributed by atoms with Crippen LogP contribution in [0.15, 0.2) is 12.1 Å². The molecule has 2 aromatic rings. The molecule has 0 aliphatic carbocycles. The van der Waals surface area contributed by atoms with Crippen molar-refractivity contribution in [3.05, 3.63) is 34.6 Å². The average Bonchev–Trinajstić information content (AvgIpc) is 2.68. The molecule has 0 bridgehead atoms. The van der Waals surface area contributed by atoms with Crippen LogP contribution in [0.5, 0.6) is 5.75 Å². The molecule has 0 atom stereocenters. The zero-order valence-corrected chi connectivity index (χ0v) is 12.2. The van der Waals surface area contributed by atoms with Crippen molar-refractivity contribution in [2.24, 2.45) is 12.8 Å². The van der Waals surface area contributed by atoms with Crippen LogP contribution in [0.3, 0.4) is 0 Å². The largest absolute Gasteiger partial charge is 0.496 e. The first-order valence-corrected chi connectivity index (χ1v) is 6.37. The lowest BCUT2D eigenvalue weighted by molar-refractivity contribution is 0.416. The minimum Gasteiger partial charge on any atom is -0.496 e. The number of rotatable bonds is 3. The zero-order valence-electron chi connectivity index (χ0n) is 12.2. The third kappa shape index (κ3) is 2.24. The molecule has 0 aliphatic rings. The first kappa shape index (κ1) is 13.6. The zero-order chi connectivity index (χ0) is 14.2. The summed E-state index contributed by atoms with van der Waals surface area (Å²) in [4.78, 5) is 0. The van der Waals surface area contributed by atoms with Gasteiger partial charge in [0.2, 0.25) is 0 Å². The lowest BCUT2D eigenvalue weighted by Crippen LogP contribution is -2.00. The molecule has 0 saturated heterocycles. The van der Waals surface area contributed by atoms with Gasteiger partial charge in [0, 0.05) is 30.4 Å². The minimum atomic E-state index is 0.424. The molecule has 0 radical (unpaired) electrons. The van der Waals surface area contributed by atoms with E-state index in [9.17, 15) is 0 Å². The number of nitrogens with zero attached hydrogens (tertiary/aromatic N) is 2. The Balaban J connectivity index is 2.74. The van der Waals surface area contributed by atoms with Crippen LogP contribution < -0.4 is 10.5 Å². The number of aryl methyl sites for hydroxylation is 3. The minimum absolute atomic E-state index is 0.424. The number of hydrogen-bond acceptors (Lipinski definition) is 3. The summed E-state index contributed by atoms with van der Waals surface area (Å²) in [6.07, 6.45) is 0. The molecule has 4 nitrogen and oxygen atoms in total. The molecular weight excluding hydrogens is 238 g/mol. The standard InChI is InChI=1S/C15H21N3O/c1-9-6-12(14(19-5)7-10(9)2)15-11(3)18(4)17-13(15)8-16/h6-7H,8,16H2,1-5H3. The molecule has 2 N–H and O–H groups in total. The Morgan fingerprint density at radius 3 is 2.42 bits per heavy atom. The fourth-order valence-corrected chi connectivity index (χ4v) is 2.32. The lowest BCUT2D eigenvalue weighted by Gasteiger charge is -2.12. The summed E-state index contributed by atoms with van der Waals surface area (Å²) < 4.78 is 7.39. The van der Waals surface area contributed by atoms with Crippen LogP contribution in [0, 0.1) is 20.8 Å². The molecule has 1 aromatic heterocycles. The van der Waals surface area contributed by atoms with Crippen molar-refractivity contribution < 1.29 is 4.74 Å². The number of nitrogens with two attached hydrogens (primary N) is 1. The maximum atomic E-state index is 5.81. The Hall–Kier alpha value is -1.81. The molecule has 0 fully saturated rings. The van der Waals surface area contributed by atoms with E-state index in [1.54, 1.807) is 7.11 Å². The molecule has 102 valence electrons. The molecule has 4 heteroatoms. The molecule has 0 amide bonds. The van der Waals surface area contributed by atoms with Gasteiger partial charge in [0.25, 0.3) is 0 Å². The van der Waals surface area contributed by atoms with Crippen molar-refractivity contribution in [3.8, 4) is 16.9 Å². The summed E-state index contributed by atoms with van der Waals surface area (Å²) in [5.74, 6) is 0.869. The highest BCUT2D eigenvalue weighted by Crippen LogP contribution is 2.36. The van der Waals surface area contributed by atoms with Gasteiger partial charge in [-0.05, 0) is 44.0 Å². The van der Waals surface area contributed by atoms with E-state index in [-0.39, 0.29) is 0 Å². The molecular formula is C15H21N3O. The van der Waals surface area contributed by atoms with Gasteiger partial charge in [0.15, 0.2) is 0 Å². The lowest BCUT2D eigenvalue weighted by atomic mass is 9.97. The quantitative estimate of drug-likeness (QED) is 0.921. The predicted molar refractivity (Wildman–Crippen MR) is 77.3 cm³/mol. The number of ether oxygens (including phenoxy) is 1. The van der Waals surface area contributed by atoms with Crippen molar-refractivity contribution in [1.29, 1.82) is 0 Å². The van der Waals surface area contributed by atoms with Crippen molar-refractivity contribution in [3.63, 3.8) is 0 Å².